The summed E-state index contributed by atoms with van der Waals surface area (Å²) in [5, 5.41) is 10.3. The summed E-state index contributed by atoms with van der Waals surface area (Å²) in [5.74, 6) is -0.976. The first-order valence-corrected chi connectivity index (χ1v) is 10.3. The van der Waals surface area contributed by atoms with Crippen molar-refractivity contribution in [2.75, 3.05) is 39.3 Å². The number of carbonyl (C=O) groups is 3. The topological polar surface area (TPSA) is 155 Å². The summed E-state index contributed by atoms with van der Waals surface area (Å²) in [6, 6.07) is -1.01. The molecular formula is C19H36N6O4. The van der Waals surface area contributed by atoms with Crippen molar-refractivity contribution >= 4 is 23.7 Å². The number of nitrogens with two attached hydrogens (primary N) is 2. The van der Waals surface area contributed by atoms with Gasteiger partial charge in [0.25, 0.3) is 0 Å². The number of likely N-dealkylation sites (tertiary alicyclic amines) is 1. The van der Waals surface area contributed by atoms with E-state index in [0.29, 0.717) is 19.6 Å². The van der Waals surface area contributed by atoms with Gasteiger partial charge >= 0.3 is 5.97 Å². The van der Waals surface area contributed by atoms with Crippen molar-refractivity contribution in [2.45, 2.75) is 52.0 Å². The lowest BCUT2D eigenvalue weighted by atomic mass is 9.98. The fraction of sp³-hybridized carbons (Fsp3) is 0.789. The van der Waals surface area contributed by atoms with Crippen molar-refractivity contribution in [1.82, 2.24) is 15.1 Å². The molecule has 1 aliphatic rings. The summed E-state index contributed by atoms with van der Waals surface area (Å²) in [7, 11) is 0. The molecule has 10 nitrogen and oxygen atoms in total. The molecule has 0 bridgehead atoms. The minimum Gasteiger partial charge on any atom is -0.465 e. The number of piperidine rings is 1. The SMILES string of the molecule is CCCCN(CC(=O)OCC)C(=O)[C@@H](N)CC(=O)NC[C@@H]1CCCN(C(=N)N)C1. The number of unbranched alkanes of at least 4 members (excludes halogenated alkanes) is 1. The molecular weight excluding hydrogens is 376 g/mol. The molecule has 1 fully saturated rings. The van der Waals surface area contributed by atoms with E-state index < -0.39 is 17.9 Å². The van der Waals surface area contributed by atoms with Gasteiger partial charge in [-0.3, -0.25) is 19.8 Å². The van der Waals surface area contributed by atoms with Crippen LogP contribution in [0, 0.1) is 11.3 Å². The Morgan fingerprint density at radius 2 is 2.07 bits per heavy atom. The average molecular weight is 413 g/mol. The standard InChI is InChI=1S/C19H36N6O4/c1-3-5-8-24(13-17(27)29-4-2)18(28)15(20)10-16(26)23-11-14-7-6-9-25(12-14)19(21)22/h14-15H,3-13,20H2,1-2H3,(H3,21,22)(H,23,26)/t14-,15-/m0/s1. The van der Waals surface area contributed by atoms with E-state index in [0.717, 1.165) is 32.2 Å². The van der Waals surface area contributed by atoms with Crippen molar-refractivity contribution in [3.63, 3.8) is 0 Å². The third-order valence-electron chi connectivity index (χ3n) is 4.89. The molecule has 0 saturated carbocycles. The highest BCUT2D eigenvalue weighted by Crippen LogP contribution is 2.15. The van der Waals surface area contributed by atoms with E-state index in [1.807, 2.05) is 6.92 Å². The largest absolute Gasteiger partial charge is 0.465 e. The van der Waals surface area contributed by atoms with Gasteiger partial charge in [-0.25, -0.2) is 0 Å². The Hall–Kier alpha value is -2.36. The van der Waals surface area contributed by atoms with Crippen molar-refractivity contribution in [3.8, 4) is 0 Å². The van der Waals surface area contributed by atoms with Crippen LogP contribution in [0.1, 0.15) is 46.0 Å². The second-order valence-corrected chi connectivity index (χ2v) is 7.37. The van der Waals surface area contributed by atoms with E-state index in [4.69, 9.17) is 21.6 Å². The van der Waals surface area contributed by atoms with Gasteiger partial charge in [0.15, 0.2) is 5.96 Å². The molecule has 0 aromatic carbocycles. The van der Waals surface area contributed by atoms with Crippen LogP contribution >= 0.6 is 0 Å². The van der Waals surface area contributed by atoms with Crippen molar-refractivity contribution in [2.24, 2.45) is 17.4 Å². The summed E-state index contributed by atoms with van der Waals surface area (Å²) in [6.45, 7) is 6.00. The van der Waals surface area contributed by atoms with E-state index in [1.165, 1.54) is 4.90 Å². The highest BCUT2D eigenvalue weighted by molar-refractivity contribution is 5.90. The fourth-order valence-corrected chi connectivity index (χ4v) is 3.28. The Balaban J connectivity index is 2.50. The van der Waals surface area contributed by atoms with Gasteiger partial charge in [-0.1, -0.05) is 13.3 Å². The first-order valence-electron chi connectivity index (χ1n) is 10.3. The molecule has 0 unspecified atom stereocenters. The first kappa shape index (κ1) is 24.7. The molecule has 6 N–H and O–H groups in total. The number of amides is 2. The van der Waals surface area contributed by atoms with Crippen LogP contribution in [0.4, 0.5) is 0 Å². The van der Waals surface area contributed by atoms with Crippen LogP contribution in [0.2, 0.25) is 0 Å². The summed E-state index contributed by atoms with van der Waals surface area (Å²) in [4.78, 5) is 39.8. The first-order chi connectivity index (χ1) is 13.8. The van der Waals surface area contributed by atoms with E-state index in [9.17, 15) is 14.4 Å². The highest BCUT2D eigenvalue weighted by atomic mass is 16.5. The maximum atomic E-state index is 12.6. The zero-order chi connectivity index (χ0) is 21.8. The molecule has 1 heterocycles. The van der Waals surface area contributed by atoms with Gasteiger partial charge < -0.3 is 31.3 Å². The maximum absolute atomic E-state index is 12.6. The third-order valence-corrected chi connectivity index (χ3v) is 4.89. The maximum Gasteiger partial charge on any atom is 0.325 e. The highest BCUT2D eigenvalue weighted by Gasteiger charge is 2.26. The molecule has 1 rings (SSSR count). The smallest absolute Gasteiger partial charge is 0.325 e. The molecule has 166 valence electrons. The number of guanidine groups is 1. The number of carbonyl (C=O) groups excluding carboxylic acids is 3. The molecule has 0 aliphatic carbocycles. The van der Waals surface area contributed by atoms with Crippen LogP contribution in [0.15, 0.2) is 0 Å². The molecule has 0 aromatic heterocycles. The predicted molar refractivity (Wildman–Crippen MR) is 110 cm³/mol. The van der Waals surface area contributed by atoms with Crippen molar-refractivity contribution in [3.05, 3.63) is 0 Å². The van der Waals surface area contributed by atoms with Crippen LogP contribution in [-0.4, -0.2) is 78.9 Å². The zero-order valence-corrected chi connectivity index (χ0v) is 17.6. The second kappa shape index (κ2) is 13.0. The van der Waals surface area contributed by atoms with Crippen LogP contribution in [0.25, 0.3) is 0 Å². The van der Waals surface area contributed by atoms with E-state index in [1.54, 1.807) is 11.8 Å². The van der Waals surface area contributed by atoms with Gasteiger partial charge in [-0.05, 0) is 32.1 Å². The third kappa shape index (κ3) is 9.12. The summed E-state index contributed by atoms with van der Waals surface area (Å²) >= 11 is 0. The van der Waals surface area contributed by atoms with Crippen LogP contribution in [-0.2, 0) is 19.1 Å². The van der Waals surface area contributed by atoms with E-state index in [-0.39, 0.29) is 37.4 Å². The summed E-state index contributed by atoms with van der Waals surface area (Å²) in [5.41, 5.74) is 11.5. The Labute approximate surface area is 172 Å². The lowest BCUT2D eigenvalue weighted by Crippen LogP contribution is -2.49. The average Bonchev–Trinajstić information content (AvgIpc) is 2.69. The minimum absolute atomic E-state index is 0.0439. The molecule has 1 aliphatic heterocycles. The molecule has 0 radical (unpaired) electrons. The number of esters is 1. The number of hydrogen-bond acceptors (Lipinski definition) is 6. The lowest BCUT2D eigenvalue weighted by molar-refractivity contribution is -0.149. The molecule has 2 atom stereocenters. The predicted octanol–water partition coefficient (Wildman–Crippen LogP) is -0.383. The monoisotopic (exact) mass is 412 g/mol. The van der Waals surface area contributed by atoms with Crippen molar-refractivity contribution < 1.29 is 19.1 Å². The van der Waals surface area contributed by atoms with Crippen LogP contribution in [0.5, 0.6) is 0 Å². The second-order valence-electron chi connectivity index (χ2n) is 7.37. The van der Waals surface area contributed by atoms with Gasteiger partial charge in [0.1, 0.15) is 6.54 Å². The van der Waals surface area contributed by atoms with Gasteiger partial charge in [0.2, 0.25) is 11.8 Å². The lowest BCUT2D eigenvalue weighted by Gasteiger charge is -2.33. The van der Waals surface area contributed by atoms with E-state index in [2.05, 4.69) is 5.32 Å². The summed E-state index contributed by atoms with van der Waals surface area (Å²) in [6.07, 6.45) is 3.31. The van der Waals surface area contributed by atoms with Gasteiger partial charge in [-0.15, -0.1) is 0 Å². The quantitative estimate of drug-likeness (QED) is 0.205. The Morgan fingerprint density at radius 1 is 1.34 bits per heavy atom. The van der Waals surface area contributed by atoms with Gasteiger partial charge in [0.05, 0.1) is 19.1 Å². The summed E-state index contributed by atoms with van der Waals surface area (Å²) < 4.78 is 4.91. The Bertz CT molecular complexity index is 571. The normalized spacial score (nSPS) is 17.3. The van der Waals surface area contributed by atoms with Gasteiger partial charge in [-0.2, -0.15) is 0 Å². The van der Waals surface area contributed by atoms with Crippen molar-refractivity contribution in [1.29, 1.82) is 5.41 Å². The molecule has 2 amide bonds. The van der Waals surface area contributed by atoms with Gasteiger partial charge in [0, 0.05) is 26.2 Å². The molecule has 10 heteroatoms. The number of hydrogen-bond donors (Lipinski definition) is 4. The number of ether oxygens (including phenoxy) is 1. The number of rotatable bonds is 11. The molecule has 29 heavy (non-hydrogen) atoms. The Kier molecular flexibility index (Phi) is 11.0. The Morgan fingerprint density at radius 3 is 2.69 bits per heavy atom. The molecule has 0 aromatic rings. The molecule has 0 spiro atoms. The van der Waals surface area contributed by atoms with Crippen LogP contribution < -0.4 is 16.8 Å². The van der Waals surface area contributed by atoms with E-state index >= 15 is 0 Å². The fourth-order valence-electron chi connectivity index (χ4n) is 3.28. The zero-order valence-electron chi connectivity index (χ0n) is 17.6. The molecule has 1 saturated heterocycles. The number of nitrogens with zero attached hydrogens (tertiary/aromatic N) is 2. The number of nitrogens with one attached hydrogen (secondary N) is 2. The van der Waals surface area contributed by atoms with Crippen LogP contribution in [0.3, 0.4) is 0 Å². The minimum atomic E-state index is -1.01.